The zero-order chi connectivity index (χ0) is 15.2. The summed E-state index contributed by atoms with van der Waals surface area (Å²) in [6, 6.07) is 7.84. The molecule has 112 valence electrons. The molecule has 1 atom stereocenters. The average Bonchev–Trinajstić information content (AvgIpc) is 2.38. The van der Waals surface area contributed by atoms with Crippen LogP contribution in [-0.2, 0) is 10.2 Å². The topological polar surface area (TPSA) is 38.3 Å². The first kappa shape index (κ1) is 17.2. The molecule has 1 aromatic rings. The molecule has 20 heavy (non-hydrogen) atoms. The molecule has 0 aromatic heterocycles. The third-order valence-corrected chi connectivity index (χ3v) is 3.63. The van der Waals surface area contributed by atoms with Gasteiger partial charge in [-0.25, -0.2) is 0 Å². The monoisotopic (exact) mass is 341 g/mol. The number of hydrogen-bond acceptors (Lipinski definition) is 2. The summed E-state index contributed by atoms with van der Waals surface area (Å²) in [5.41, 5.74) is 2.01. The maximum absolute atomic E-state index is 12.2. The Hall–Kier alpha value is -0.870. The van der Waals surface area contributed by atoms with E-state index < -0.39 is 0 Å². The van der Waals surface area contributed by atoms with Gasteiger partial charge in [0.1, 0.15) is 0 Å². The number of halogens is 1. The fourth-order valence-corrected chi connectivity index (χ4v) is 2.47. The van der Waals surface area contributed by atoms with Crippen molar-refractivity contribution in [2.45, 2.75) is 38.6 Å². The van der Waals surface area contributed by atoms with E-state index in [2.05, 4.69) is 42.0 Å². The summed E-state index contributed by atoms with van der Waals surface area (Å²) in [5.74, 6) is -0.0477. The molecule has 0 aliphatic heterocycles. The molecule has 0 bridgehead atoms. The van der Waals surface area contributed by atoms with Crippen molar-refractivity contribution in [2.24, 2.45) is 0 Å². The van der Waals surface area contributed by atoms with Crippen LogP contribution in [-0.4, -0.2) is 31.0 Å². The van der Waals surface area contributed by atoms with Gasteiger partial charge >= 0.3 is 0 Å². The number of methoxy groups -OCH3 is 1. The molecule has 1 N–H and O–H groups in total. The van der Waals surface area contributed by atoms with E-state index in [4.69, 9.17) is 4.74 Å². The van der Waals surface area contributed by atoms with Gasteiger partial charge in [0.25, 0.3) is 5.91 Å². The first-order chi connectivity index (χ1) is 9.38. The van der Waals surface area contributed by atoms with E-state index in [0.29, 0.717) is 12.2 Å². The van der Waals surface area contributed by atoms with Crippen LogP contribution in [0.5, 0.6) is 0 Å². The number of hydrogen-bond donors (Lipinski definition) is 1. The Morgan fingerprint density at radius 3 is 2.35 bits per heavy atom. The second-order valence-corrected chi connectivity index (χ2v) is 6.72. The number of carbonyl (C=O) groups excluding carboxylic acids is 1. The lowest BCUT2D eigenvalue weighted by molar-refractivity contribution is 0.0895. The zero-order valence-electron chi connectivity index (χ0n) is 12.7. The largest absolute Gasteiger partial charge is 0.383 e. The Balaban J connectivity index is 2.72. The molecule has 0 saturated carbocycles. The van der Waals surface area contributed by atoms with E-state index >= 15 is 0 Å². The first-order valence-electron chi connectivity index (χ1n) is 6.84. The summed E-state index contributed by atoms with van der Waals surface area (Å²) in [6.45, 7) is 7.00. The minimum absolute atomic E-state index is 0.0363. The van der Waals surface area contributed by atoms with Crippen LogP contribution >= 0.6 is 15.9 Å². The van der Waals surface area contributed by atoms with Crippen molar-refractivity contribution in [1.29, 1.82) is 0 Å². The minimum atomic E-state index is -0.0477. The van der Waals surface area contributed by atoms with Crippen molar-refractivity contribution in [1.82, 2.24) is 5.32 Å². The van der Waals surface area contributed by atoms with Crippen LogP contribution in [0.1, 0.15) is 43.1 Å². The number of nitrogens with one attached hydrogen (secondary N) is 1. The van der Waals surface area contributed by atoms with Gasteiger partial charge in [0.15, 0.2) is 0 Å². The fraction of sp³-hybridized carbons (Fsp3) is 0.562. The summed E-state index contributed by atoms with van der Waals surface area (Å²) in [7, 11) is 1.64. The van der Waals surface area contributed by atoms with Gasteiger partial charge in [0, 0.05) is 18.0 Å². The molecular formula is C16H24BrNO2. The predicted octanol–water partition coefficient (Wildman–Crippen LogP) is 3.51. The van der Waals surface area contributed by atoms with Crippen LogP contribution in [0.15, 0.2) is 24.3 Å². The van der Waals surface area contributed by atoms with Gasteiger partial charge in [-0.05, 0) is 29.5 Å². The van der Waals surface area contributed by atoms with E-state index in [9.17, 15) is 4.79 Å². The van der Waals surface area contributed by atoms with Crippen LogP contribution in [0.3, 0.4) is 0 Å². The number of rotatable bonds is 6. The van der Waals surface area contributed by atoms with Crippen molar-refractivity contribution >= 4 is 21.8 Å². The molecule has 0 fully saturated rings. The van der Waals surface area contributed by atoms with Gasteiger partial charge in [-0.3, -0.25) is 4.79 Å². The molecule has 0 spiro atoms. The highest BCUT2D eigenvalue weighted by Gasteiger charge is 2.16. The quantitative estimate of drug-likeness (QED) is 0.804. The standard InChI is InChI=1S/C16H24BrNO2/c1-16(2,3)13-7-5-12(6-8-13)15(19)18-14(9-10-17)11-20-4/h5-8,14H,9-11H2,1-4H3,(H,18,19). The van der Waals surface area contributed by atoms with Gasteiger partial charge in [-0.2, -0.15) is 0 Å². The zero-order valence-corrected chi connectivity index (χ0v) is 14.3. The highest BCUT2D eigenvalue weighted by atomic mass is 79.9. The van der Waals surface area contributed by atoms with Crippen molar-refractivity contribution in [3.8, 4) is 0 Å². The fourth-order valence-electron chi connectivity index (χ4n) is 1.92. The van der Waals surface area contributed by atoms with E-state index in [1.165, 1.54) is 5.56 Å². The van der Waals surface area contributed by atoms with Gasteiger partial charge in [0.2, 0.25) is 0 Å². The molecular weight excluding hydrogens is 318 g/mol. The molecule has 0 heterocycles. The lowest BCUT2D eigenvalue weighted by Crippen LogP contribution is -2.38. The molecule has 0 aliphatic carbocycles. The number of alkyl halides is 1. The number of carbonyl (C=O) groups is 1. The third kappa shape index (κ3) is 5.25. The summed E-state index contributed by atoms with van der Waals surface area (Å²) in [5, 5.41) is 3.84. The lowest BCUT2D eigenvalue weighted by Gasteiger charge is -2.20. The predicted molar refractivity (Wildman–Crippen MR) is 86.7 cm³/mol. The minimum Gasteiger partial charge on any atom is -0.383 e. The Morgan fingerprint density at radius 1 is 1.30 bits per heavy atom. The molecule has 3 nitrogen and oxygen atoms in total. The van der Waals surface area contributed by atoms with Crippen LogP contribution in [0.4, 0.5) is 0 Å². The van der Waals surface area contributed by atoms with Crippen LogP contribution in [0.2, 0.25) is 0 Å². The van der Waals surface area contributed by atoms with Gasteiger partial charge in [-0.15, -0.1) is 0 Å². The second kappa shape index (κ2) is 7.79. The van der Waals surface area contributed by atoms with Gasteiger partial charge in [-0.1, -0.05) is 48.8 Å². The van der Waals surface area contributed by atoms with Gasteiger partial charge < -0.3 is 10.1 Å². The summed E-state index contributed by atoms with van der Waals surface area (Å²) < 4.78 is 5.12. The number of ether oxygens (including phenoxy) is 1. The van der Waals surface area contributed by atoms with Gasteiger partial charge in [0.05, 0.1) is 12.6 Å². The Kier molecular flexibility index (Phi) is 6.69. The summed E-state index contributed by atoms with van der Waals surface area (Å²) in [6.07, 6.45) is 0.847. The highest BCUT2D eigenvalue weighted by molar-refractivity contribution is 9.09. The van der Waals surface area contributed by atoms with Crippen LogP contribution < -0.4 is 5.32 Å². The molecule has 0 aliphatic rings. The SMILES string of the molecule is COCC(CCBr)NC(=O)c1ccc(C(C)(C)C)cc1. The smallest absolute Gasteiger partial charge is 0.251 e. The second-order valence-electron chi connectivity index (χ2n) is 5.93. The third-order valence-electron chi connectivity index (χ3n) is 3.17. The molecule has 1 amide bonds. The average molecular weight is 342 g/mol. The van der Waals surface area contributed by atoms with Crippen molar-refractivity contribution in [3.05, 3.63) is 35.4 Å². The maximum atomic E-state index is 12.2. The molecule has 1 aromatic carbocycles. The highest BCUT2D eigenvalue weighted by Crippen LogP contribution is 2.22. The Labute approximate surface area is 130 Å². The van der Waals surface area contributed by atoms with Crippen LogP contribution in [0.25, 0.3) is 0 Å². The van der Waals surface area contributed by atoms with Crippen molar-refractivity contribution in [3.63, 3.8) is 0 Å². The number of benzene rings is 1. The lowest BCUT2D eigenvalue weighted by atomic mass is 9.86. The molecule has 1 rings (SSSR count). The summed E-state index contributed by atoms with van der Waals surface area (Å²) in [4.78, 5) is 12.2. The van der Waals surface area contributed by atoms with E-state index in [1.54, 1.807) is 7.11 Å². The molecule has 0 saturated heterocycles. The van der Waals surface area contributed by atoms with E-state index in [1.807, 2.05) is 24.3 Å². The normalized spacial score (nSPS) is 13.1. The Morgan fingerprint density at radius 2 is 1.90 bits per heavy atom. The molecule has 0 radical (unpaired) electrons. The first-order valence-corrected chi connectivity index (χ1v) is 7.97. The van der Waals surface area contributed by atoms with E-state index in [-0.39, 0.29) is 17.4 Å². The molecule has 1 unspecified atom stereocenters. The van der Waals surface area contributed by atoms with E-state index in [0.717, 1.165) is 11.8 Å². The van der Waals surface area contributed by atoms with Crippen LogP contribution in [0, 0.1) is 0 Å². The Bertz CT molecular complexity index is 417. The van der Waals surface area contributed by atoms with Crippen molar-refractivity contribution in [2.75, 3.05) is 19.0 Å². The number of amides is 1. The maximum Gasteiger partial charge on any atom is 0.251 e. The molecule has 4 heteroatoms. The summed E-state index contributed by atoms with van der Waals surface area (Å²) >= 11 is 3.39. The van der Waals surface area contributed by atoms with Crippen molar-refractivity contribution < 1.29 is 9.53 Å².